The van der Waals surface area contributed by atoms with Crippen molar-refractivity contribution in [2.75, 3.05) is 19.5 Å². The van der Waals surface area contributed by atoms with Crippen LogP contribution in [0.4, 0.5) is 8.78 Å². The van der Waals surface area contributed by atoms with Crippen LogP contribution in [0.25, 0.3) is 0 Å². The average molecular weight is 490 g/mol. The van der Waals surface area contributed by atoms with Gasteiger partial charge in [-0.1, -0.05) is 23.4 Å². The molecular weight excluding hydrogens is 468 g/mol. The molecule has 0 saturated carbocycles. The largest absolute Gasteiger partial charge is 0.497 e. The van der Waals surface area contributed by atoms with Gasteiger partial charge in [-0.25, -0.2) is 13.6 Å². The molecule has 0 spiro atoms. The SMILES string of the molecule is COc1ccc(COC(=O)C2=C(/C=C\CON=CC(F)F)CS[C@@H]3[C@H](N)C(=O)N23)cc1.Cl. The fourth-order valence-electron chi connectivity index (χ4n) is 2.96. The van der Waals surface area contributed by atoms with Gasteiger partial charge in [0.05, 0.1) is 7.11 Å². The van der Waals surface area contributed by atoms with E-state index in [1.54, 1.807) is 37.5 Å². The zero-order valence-electron chi connectivity index (χ0n) is 17.0. The standard InChI is InChI=1S/C20H21F2N3O5S.ClH/c1-28-14-6-4-12(5-7-14)10-29-20(27)17-13(3-2-8-30-24-9-15(21)22)11-31-19-16(23)18(26)25(17)19;/h2-7,9,15-16,19H,8,10-11,23H2,1H3;1H/b3-2-,24-9?;/t16-,19-;/m1./s1. The van der Waals surface area contributed by atoms with Gasteiger partial charge in [0, 0.05) is 5.75 Å². The Morgan fingerprint density at radius 3 is 2.75 bits per heavy atom. The van der Waals surface area contributed by atoms with Crippen molar-refractivity contribution >= 4 is 42.3 Å². The summed E-state index contributed by atoms with van der Waals surface area (Å²) in [6, 6.07) is 6.36. The number of oxime groups is 1. The van der Waals surface area contributed by atoms with Gasteiger partial charge in [-0.15, -0.1) is 24.2 Å². The molecule has 32 heavy (non-hydrogen) atoms. The van der Waals surface area contributed by atoms with E-state index in [4.69, 9.17) is 20.0 Å². The van der Waals surface area contributed by atoms with E-state index in [0.29, 0.717) is 23.3 Å². The molecule has 12 heteroatoms. The quantitative estimate of drug-likeness (QED) is 0.187. The highest BCUT2D eigenvalue weighted by Gasteiger charge is 2.51. The van der Waals surface area contributed by atoms with Gasteiger partial charge in [0.2, 0.25) is 5.91 Å². The number of β-lactam (4-membered cyclic amide) rings is 1. The summed E-state index contributed by atoms with van der Waals surface area (Å²) in [5.41, 5.74) is 7.26. The van der Waals surface area contributed by atoms with Gasteiger partial charge in [-0.05, 0) is 29.3 Å². The molecule has 2 aliphatic rings. The number of thioether (sulfide) groups is 1. The maximum absolute atomic E-state index is 12.8. The van der Waals surface area contributed by atoms with E-state index in [1.165, 1.54) is 22.7 Å². The van der Waals surface area contributed by atoms with Gasteiger partial charge < -0.3 is 20.0 Å². The number of rotatable bonds is 9. The number of fused-ring (bicyclic) bond motifs is 1. The summed E-state index contributed by atoms with van der Waals surface area (Å²) in [6.45, 7) is -0.0663. The first-order valence-electron chi connectivity index (χ1n) is 9.26. The number of carbonyl (C=O) groups excluding carboxylic acids is 2. The molecule has 1 saturated heterocycles. The molecule has 0 unspecified atom stereocenters. The Bertz CT molecular complexity index is 911. The van der Waals surface area contributed by atoms with Crippen LogP contribution in [-0.4, -0.2) is 60.3 Å². The number of benzene rings is 1. The van der Waals surface area contributed by atoms with Crippen molar-refractivity contribution in [1.82, 2.24) is 4.90 Å². The summed E-state index contributed by atoms with van der Waals surface area (Å²) in [4.78, 5) is 31.1. The fourth-order valence-corrected chi connectivity index (χ4v) is 4.23. The van der Waals surface area contributed by atoms with Crippen molar-refractivity contribution in [2.24, 2.45) is 10.9 Å². The molecule has 0 aliphatic carbocycles. The second-order valence-electron chi connectivity index (χ2n) is 6.52. The van der Waals surface area contributed by atoms with E-state index < -0.39 is 18.4 Å². The lowest BCUT2D eigenvalue weighted by Crippen LogP contribution is -2.68. The van der Waals surface area contributed by atoms with Crippen LogP contribution in [0.3, 0.4) is 0 Å². The summed E-state index contributed by atoms with van der Waals surface area (Å²) in [7, 11) is 1.55. The fraction of sp³-hybridized carbons (Fsp3) is 0.350. The smallest absolute Gasteiger partial charge is 0.355 e. The number of amides is 1. The number of esters is 1. The number of allylic oxidation sites excluding steroid dienone is 1. The Balaban J connectivity index is 0.00000363. The van der Waals surface area contributed by atoms with E-state index in [1.807, 2.05) is 0 Å². The molecule has 8 nitrogen and oxygen atoms in total. The predicted octanol–water partition coefficient (Wildman–Crippen LogP) is 2.48. The molecule has 2 heterocycles. The van der Waals surface area contributed by atoms with Gasteiger partial charge >= 0.3 is 5.97 Å². The van der Waals surface area contributed by atoms with E-state index in [9.17, 15) is 18.4 Å². The van der Waals surface area contributed by atoms with Gasteiger partial charge in [-0.2, -0.15) is 0 Å². The van der Waals surface area contributed by atoms with Crippen molar-refractivity contribution in [3.05, 3.63) is 53.3 Å². The lowest BCUT2D eigenvalue weighted by molar-refractivity contribution is -0.151. The van der Waals surface area contributed by atoms with Crippen LogP contribution in [0.15, 0.2) is 52.8 Å². The number of nitrogens with zero attached hydrogens (tertiary/aromatic N) is 2. The third-order valence-electron chi connectivity index (χ3n) is 4.50. The minimum atomic E-state index is -2.70. The first kappa shape index (κ1) is 25.6. The van der Waals surface area contributed by atoms with Gasteiger partial charge in [0.15, 0.2) is 0 Å². The lowest BCUT2D eigenvalue weighted by Gasteiger charge is -2.48. The molecule has 1 amide bonds. The molecule has 3 rings (SSSR count). The number of carbonyl (C=O) groups is 2. The Morgan fingerprint density at radius 1 is 1.38 bits per heavy atom. The van der Waals surface area contributed by atoms with E-state index in [0.717, 1.165) is 5.56 Å². The molecule has 0 bridgehead atoms. The number of alkyl halides is 2. The Hall–Kier alpha value is -2.63. The molecule has 174 valence electrons. The van der Waals surface area contributed by atoms with Gasteiger partial charge in [0.1, 0.15) is 42.3 Å². The summed E-state index contributed by atoms with van der Waals surface area (Å²) in [5, 5.41) is 2.78. The van der Waals surface area contributed by atoms with Crippen LogP contribution in [-0.2, 0) is 25.8 Å². The van der Waals surface area contributed by atoms with Crippen molar-refractivity contribution in [3.63, 3.8) is 0 Å². The second-order valence-corrected chi connectivity index (χ2v) is 7.63. The van der Waals surface area contributed by atoms with Crippen molar-refractivity contribution < 1.29 is 32.7 Å². The number of ether oxygens (including phenoxy) is 2. The first-order chi connectivity index (χ1) is 14.9. The van der Waals surface area contributed by atoms with Crippen LogP contribution in [0.5, 0.6) is 5.75 Å². The van der Waals surface area contributed by atoms with Crippen molar-refractivity contribution in [2.45, 2.75) is 24.4 Å². The minimum absolute atomic E-state index is 0. The summed E-state index contributed by atoms with van der Waals surface area (Å²) in [6.07, 6.45) is 0.769. The lowest BCUT2D eigenvalue weighted by atomic mass is 10.0. The normalized spacial score (nSPS) is 20.3. The summed E-state index contributed by atoms with van der Waals surface area (Å²) >= 11 is 1.42. The molecule has 0 radical (unpaired) electrons. The van der Waals surface area contributed by atoms with Crippen LogP contribution >= 0.6 is 24.2 Å². The van der Waals surface area contributed by atoms with Crippen LogP contribution < -0.4 is 10.5 Å². The van der Waals surface area contributed by atoms with Gasteiger partial charge in [-0.3, -0.25) is 9.69 Å². The number of halogens is 3. The number of nitrogens with two attached hydrogens (primary N) is 1. The van der Waals surface area contributed by atoms with Crippen LogP contribution in [0.2, 0.25) is 0 Å². The van der Waals surface area contributed by atoms with Crippen molar-refractivity contribution in [3.8, 4) is 5.75 Å². The molecule has 1 fully saturated rings. The minimum Gasteiger partial charge on any atom is -0.497 e. The molecule has 0 aromatic heterocycles. The molecule has 2 aliphatic heterocycles. The summed E-state index contributed by atoms with van der Waals surface area (Å²) in [5.74, 6) is 0.0823. The Kier molecular flexibility index (Phi) is 9.48. The third kappa shape index (κ3) is 5.99. The van der Waals surface area contributed by atoms with Gasteiger partial charge in [0.25, 0.3) is 6.43 Å². The van der Waals surface area contributed by atoms with E-state index in [-0.39, 0.29) is 42.6 Å². The van der Waals surface area contributed by atoms with E-state index >= 15 is 0 Å². The highest BCUT2D eigenvalue weighted by atomic mass is 35.5. The number of hydrogen-bond acceptors (Lipinski definition) is 8. The average Bonchev–Trinajstić information content (AvgIpc) is 2.78. The third-order valence-corrected chi connectivity index (χ3v) is 5.82. The molecule has 2 atom stereocenters. The second kappa shape index (κ2) is 11.8. The first-order valence-corrected chi connectivity index (χ1v) is 10.3. The monoisotopic (exact) mass is 489 g/mol. The van der Waals surface area contributed by atoms with Crippen LogP contribution in [0, 0.1) is 0 Å². The molecular formula is C20H22ClF2N3O5S. The topological polar surface area (TPSA) is 103 Å². The predicted molar refractivity (Wildman–Crippen MR) is 118 cm³/mol. The van der Waals surface area contributed by atoms with Crippen LogP contribution in [0.1, 0.15) is 5.56 Å². The Morgan fingerprint density at radius 2 is 2.09 bits per heavy atom. The zero-order chi connectivity index (χ0) is 22.4. The van der Waals surface area contributed by atoms with Crippen molar-refractivity contribution in [1.29, 1.82) is 0 Å². The molecule has 2 N–H and O–H groups in total. The highest BCUT2D eigenvalue weighted by molar-refractivity contribution is 8.00. The highest BCUT2D eigenvalue weighted by Crippen LogP contribution is 2.40. The van der Waals surface area contributed by atoms with E-state index in [2.05, 4.69) is 5.16 Å². The summed E-state index contributed by atoms with van der Waals surface area (Å²) < 4.78 is 34.5. The maximum atomic E-state index is 12.8. The molecule has 1 aromatic carbocycles. The number of hydrogen-bond donors (Lipinski definition) is 1. The molecule has 1 aromatic rings. The number of methoxy groups -OCH3 is 1. The maximum Gasteiger partial charge on any atom is 0.355 e. The Labute approximate surface area is 193 Å². The zero-order valence-corrected chi connectivity index (χ0v) is 18.6.